The summed E-state index contributed by atoms with van der Waals surface area (Å²) in [4.78, 5) is 22.0. The van der Waals surface area contributed by atoms with Gasteiger partial charge >= 0.3 is 27.7 Å². The molecule has 0 fully saturated rings. The zero-order valence-electron chi connectivity index (χ0n) is 8.28. The van der Waals surface area contributed by atoms with Gasteiger partial charge in [0.15, 0.2) is 0 Å². The van der Waals surface area contributed by atoms with Gasteiger partial charge in [0.05, 0.1) is 0 Å². The first-order chi connectivity index (χ1) is 7.61. The molecule has 0 bridgehead atoms. The SMILES string of the molecule is CC(=O)[C-](Cl)C(=O)Nc1ccccc1.[Cl][Pd+]. The second kappa shape index (κ2) is 8.60. The maximum absolute atomic E-state index is 11.3. The average Bonchev–Trinajstić information content (AvgIpc) is 2.31. The molecule has 0 atom stereocenters. The molecule has 16 heavy (non-hydrogen) atoms. The van der Waals surface area contributed by atoms with Crippen LogP contribution < -0.4 is 5.32 Å². The van der Waals surface area contributed by atoms with Gasteiger partial charge < -0.3 is 26.5 Å². The fraction of sp³-hybridized carbons (Fsp3) is 0.100. The number of anilines is 1. The second-order valence-corrected chi connectivity index (χ2v) is 3.07. The Bertz CT molecular complexity index is 346. The van der Waals surface area contributed by atoms with Gasteiger partial charge in [-0.05, 0) is 19.1 Å². The molecule has 1 rings (SSSR count). The van der Waals surface area contributed by atoms with Gasteiger partial charge in [0, 0.05) is 11.5 Å². The van der Waals surface area contributed by atoms with Gasteiger partial charge in [-0.25, -0.2) is 0 Å². The van der Waals surface area contributed by atoms with Crippen molar-refractivity contribution < 1.29 is 27.8 Å². The Morgan fingerprint density at radius 2 is 1.75 bits per heavy atom. The second-order valence-electron chi connectivity index (χ2n) is 2.69. The Balaban J connectivity index is 0.00000106. The summed E-state index contributed by atoms with van der Waals surface area (Å²) < 4.78 is 0. The molecule has 0 spiro atoms. The fourth-order valence-corrected chi connectivity index (χ4v) is 0.915. The van der Waals surface area contributed by atoms with E-state index in [0.29, 0.717) is 5.69 Å². The Hall–Kier alpha value is -0.528. The van der Waals surface area contributed by atoms with E-state index in [1.807, 2.05) is 6.07 Å². The van der Waals surface area contributed by atoms with Crippen LogP contribution in [0.3, 0.4) is 0 Å². The molecule has 0 radical (unpaired) electrons. The molecule has 0 saturated carbocycles. The van der Waals surface area contributed by atoms with E-state index in [1.54, 1.807) is 24.3 Å². The van der Waals surface area contributed by atoms with Crippen molar-refractivity contribution in [2.24, 2.45) is 0 Å². The molecule has 1 aromatic carbocycles. The maximum atomic E-state index is 11.3. The molecule has 90 valence electrons. The molecule has 0 saturated heterocycles. The number of Topliss-reactive ketones (excluding diaryl/α,β-unsaturated/α-hetero) is 1. The third kappa shape index (κ3) is 5.53. The van der Waals surface area contributed by atoms with E-state index >= 15 is 0 Å². The Morgan fingerprint density at radius 3 is 2.19 bits per heavy atom. The summed E-state index contributed by atoms with van der Waals surface area (Å²) in [6.07, 6.45) is 0. The van der Waals surface area contributed by atoms with Crippen LogP contribution in [0.25, 0.3) is 0 Å². The molecular weight excluding hydrogens is 343 g/mol. The normalized spacial score (nSPS) is 8.56. The number of carbonyl (C=O) groups excluding carboxylic acids is 2. The van der Waals surface area contributed by atoms with Gasteiger partial charge in [0.2, 0.25) is 0 Å². The van der Waals surface area contributed by atoms with E-state index in [4.69, 9.17) is 11.6 Å². The summed E-state index contributed by atoms with van der Waals surface area (Å²) in [5, 5.41) is 2.18. The standard InChI is InChI=1S/C10H9ClNO2.ClH.Pd/c1-7(13)9(11)10(14)12-8-5-3-2-4-6-8;;/h2-6H,1H3,(H,12,14);1H;/q-1;;+2/p-1. The van der Waals surface area contributed by atoms with E-state index in [9.17, 15) is 9.59 Å². The van der Waals surface area contributed by atoms with Crippen molar-refractivity contribution in [3.63, 3.8) is 0 Å². The van der Waals surface area contributed by atoms with Crippen molar-refractivity contribution >= 4 is 38.5 Å². The van der Waals surface area contributed by atoms with Gasteiger partial charge in [-0.1, -0.05) is 18.2 Å². The van der Waals surface area contributed by atoms with E-state index in [2.05, 4.69) is 33.0 Å². The first-order valence-corrected chi connectivity index (χ1v) is 6.51. The predicted molar refractivity (Wildman–Crippen MR) is 60.7 cm³/mol. The molecule has 0 aliphatic heterocycles. The van der Waals surface area contributed by atoms with Crippen LogP contribution in [0.15, 0.2) is 30.3 Å². The van der Waals surface area contributed by atoms with Crippen LogP contribution in [0.4, 0.5) is 5.69 Å². The number of benzene rings is 1. The minimum atomic E-state index is -0.578. The third-order valence-electron chi connectivity index (χ3n) is 1.54. The quantitative estimate of drug-likeness (QED) is 0.516. The zero-order chi connectivity index (χ0) is 12.6. The van der Waals surface area contributed by atoms with Crippen molar-refractivity contribution in [2.45, 2.75) is 6.92 Å². The van der Waals surface area contributed by atoms with Crippen LogP contribution in [-0.4, -0.2) is 11.7 Å². The summed E-state index contributed by atoms with van der Waals surface area (Å²) in [5.74, 6) is -1.02. The van der Waals surface area contributed by atoms with Crippen LogP contribution in [0.1, 0.15) is 6.92 Å². The molecule has 0 aliphatic carbocycles. The molecular formula is C10H9Cl2NO2Pd. The number of nitrogens with one attached hydrogen (secondary N) is 1. The Morgan fingerprint density at radius 1 is 1.25 bits per heavy atom. The number of hydrogen-bond donors (Lipinski definition) is 1. The third-order valence-corrected chi connectivity index (χ3v) is 1.98. The van der Waals surface area contributed by atoms with Crippen molar-refractivity contribution in [1.82, 2.24) is 0 Å². The van der Waals surface area contributed by atoms with Crippen LogP contribution in [-0.2, 0) is 27.8 Å². The molecule has 0 aliphatic rings. The monoisotopic (exact) mass is 351 g/mol. The number of hydrogen-bond acceptors (Lipinski definition) is 2. The molecule has 0 heterocycles. The summed E-state index contributed by atoms with van der Waals surface area (Å²) in [5.41, 5.74) is 0.608. The number of para-hydroxylation sites is 1. The average molecular weight is 353 g/mol. The van der Waals surface area contributed by atoms with Crippen molar-refractivity contribution in [3.05, 3.63) is 35.7 Å². The molecule has 1 amide bonds. The minimum absolute atomic E-state index is 0.311. The number of ketones is 1. The fourth-order valence-electron chi connectivity index (χ4n) is 0.867. The molecule has 1 N–H and O–H groups in total. The van der Waals surface area contributed by atoms with Crippen molar-refractivity contribution in [2.75, 3.05) is 5.32 Å². The topological polar surface area (TPSA) is 46.2 Å². The van der Waals surface area contributed by atoms with E-state index < -0.39 is 11.7 Å². The van der Waals surface area contributed by atoms with Crippen LogP contribution in [0.5, 0.6) is 0 Å². The van der Waals surface area contributed by atoms with E-state index in [1.165, 1.54) is 6.92 Å². The summed E-state index contributed by atoms with van der Waals surface area (Å²) in [6.45, 7) is 1.24. The predicted octanol–water partition coefficient (Wildman–Crippen LogP) is 2.67. The van der Waals surface area contributed by atoms with Crippen LogP contribution in [0.2, 0.25) is 0 Å². The van der Waals surface area contributed by atoms with Crippen LogP contribution >= 0.6 is 21.1 Å². The summed E-state index contributed by atoms with van der Waals surface area (Å²) in [6, 6.07) is 8.80. The van der Waals surface area contributed by atoms with Gasteiger partial charge in [-0.3, -0.25) is 0 Å². The van der Waals surface area contributed by atoms with E-state index in [0.717, 1.165) is 0 Å². The molecule has 6 heteroatoms. The molecule has 0 aromatic heterocycles. The summed E-state index contributed by atoms with van der Waals surface area (Å²) in [7, 11) is 4.49. The van der Waals surface area contributed by atoms with Gasteiger partial charge in [-0.2, -0.15) is 0 Å². The zero-order valence-corrected chi connectivity index (χ0v) is 11.3. The van der Waals surface area contributed by atoms with Crippen LogP contribution in [0, 0.1) is 5.38 Å². The van der Waals surface area contributed by atoms with Gasteiger partial charge in [0.1, 0.15) is 5.91 Å². The van der Waals surface area contributed by atoms with Gasteiger partial charge in [0.25, 0.3) is 0 Å². The first kappa shape index (κ1) is 15.5. The molecule has 3 nitrogen and oxygen atoms in total. The van der Waals surface area contributed by atoms with Gasteiger partial charge in [-0.15, -0.1) is 5.38 Å². The van der Waals surface area contributed by atoms with E-state index in [-0.39, 0.29) is 5.38 Å². The Labute approximate surface area is 114 Å². The van der Waals surface area contributed by atoms with Crippen molar-refractivity contribution in [3.8, 4) is 0 Å². The number of rotatable bonds is 3. The summed E-state index contributed by atoms with van der Waals surface area (Å²) >= 11 is 7.69. The number of carbonyl (C=O) groups is 2. The number of amides is 1. The molecule has 1 aromatic rings. The number of halogens is 2. The molecule has 0 unspecified atom stereocenters. The Kier molecular flexibility index (Phi) is 8.32. The first-order valence-electron chi connectivity index (χ1n) is 4.13. The van der Waals surface area contributed by atoms with Crippen molar-refractivity contribution in [1.29, 1.82) is 0 Å².